The van der Waals surface area contributed by atoms with Gasteiger partial charge in [-0.25, -0.2) is 14.4 Å². The quantitative estimate of drug-likeness (QED) is 0.284. The lowest BCUT2D eigenvalue weighted by Crippen LogP contribution is -2.10. The number of anilines is 3. The highest BCUT2D eigenvalue weighted by atomic mass is 35.5. The third kappa shape index (κ3) is 4.37. The number of methoxy groups -OCH3 is 1. The highest BCUT2D eigenvalue weighted by Gasteiger charge is 2.15. The molecular weight excluding hydrogens is 487 g/mol. The monoisotopic (exact) mass is 504 g/mol. The van der Waals surface area contributed by atoms with Gasteiger partial charge in [0.15, 0.2) is 11.6 Å². The molecule has 5 aromatic rings. The predicted octanol–water partition coefficient (Wildman–Crippen LogP) is 5.30. The Kier molecular flexibility index (Phi) is 6.09. The Morgan fingerprint density at radius 3 is 2.64 bits per heavy atom. The Hall–Kier alpha value is -4.70. The molecule has 3 aromatic heterocycles. The van der Waals surface area contributed by atoms with Crippen LogP contribution in [0.15, 0.2) is 72.0 Å². The number of hydrogen-bond donors (Lipinski definition) is 3. The molecule has 0 unspecified atom stereocenters. The van der Waals surface area contributed by atoms with Gasteiger partial charge in [-0.2, -0.15) is 4.98 Å². The van der Waals surface area contributed by atoms with Crippen molar-refractivity contribution in [2.24, 2.45) is 0 Å². The van der Waals surface area contributed by atoms with Gasteiger partial charge in [0.2, 0.25) is 11.3 Å². The van der Waals surface area contributed by atoms with E-state index in [4.69, 9.17) is 26.8 Å². The first-order valence-electron chi connectivity index (χ1n) is 10.6. The van der Waals surface area contributed by atoms with Gasteiger partial charge in [-0.3, -0.25) is 4.79 Å². The molecule has 0 aliphatic rings. The number of rotatable bonds is 6. The number of aromatic amines is 1. The van der Waals surface area contributed by atoms with E-state index >= 15 is 0 Å². The Labute approximate surface area is 208 Å². The van der Waals surface area contributed by atoms with E-state index in [0.29, 0.717) is 33.5 Å². The maximum absolute atomic E-state index is 14.8. The summed E-state index contributed by atoms with van der Waals surface area (Å²) in [5.74, 6) is 0.0785. The maximum atomic E-state index is 14.8. The van der Waals surface area contributed by atoms with Crippen molar-refractivity contribution in [3.63, 3.8) is 0 Å². The summed E-state index contributed by atoms with van der Waals surface area (Å²) < 4.78 is 25.5. The maximum Gasteiger partial charge on any atom is 0.243 e. The molecule has 5 rings (SSSR count). The van der Waals surface area contributed by atoms with Crippen LogP contribution < -0.4 is 26.0 Å². The highest BCUT2D eigenvalue weighted by Crippen LogP contribution is 2.33. The Morgan fingerprint density at radius 2 is 1.89 bits per heavy atom. The van der Waals surface area contributed by atoms with E-state index in [9.17, 15) is 9.18 Å². The van der Waals surface area contributed by atoms with E-state index in [1.54, 1.807) is 55.9 Å². The molecule has 0 atom stereocenters. The first-order chi connectivity index (χ1) is 17.4. The van der Waals surface area contributed by atoms with Gasteiger partial charge >= 0.3 is 0 Å². The van der Waals surface area contributed by atoms with Crippen LogP contribution in [0.3, 0.4) is 0 Å². The molecule has 180 valence electrons. The number of aromatic nitrogens is 4. The number of nitrogens with two attached hydrogens (primary N) is 1. The fraction of sp³-hybridized carbons (Fsp3) is 0.0400. The summed E-state index contributed by atoms with van der Waals surface area (Å²) in [7, 11) is 1.57. The molecule has 0 bridgehead atoms. The zero-order chi connectivity index (χ0) is 25.2. The molecule has 3 heterocycles. The van der Waals surface area contributed by atoms with Crippen molar-refractivity contribution in [3.8, 4) is 28.5 Å². The topological polar surface area (TPSA) is 128 Å². The number of fused-ring (bicyclic) bond motifs is 1. The average Bonchev–Trinajstić information content (AvgIpc) is 2.88. The van der Waals surface area contributed by atoms with Crippen LogP contribution in [0, 0.1) is 5.82 Å². The number of ether oxygens (including phenoxy) is 2. The normalized spacial score (nSPS) is 10.9. The standard InChI is InChI=1S/C25H18ClFN6O3/c1-35-15-5-2-13(3-6-15)16-11-30-18-8-9-29-24(20(18)22(16)34)33-14-4-7-19(17(27)10-14)36-25-21(26)23(28)31-12-32-25/h2-12H,1H3,(H,29,33)(H,30,34)(H2,28,31,32). The van der Waals surface area contributed by atoms with Gasteiger partial charge < -0.3 is 25.5 Å². The molecule has 0 aliphatic heterocycles. The fourth-order valence-electron chi connectivity index (χ4n) is 3.58. The predicted molar refractivity (Wildman–Crippen MR) is 136 cm³/mol. The minimum atomic E-state index is -0.693. The minimum absolute atomic E-state index is 0.0154. The van der Waals surface area contributed by atoms with Crippen molar-refractivity contribution < 1.29 is 13.9 Å². The van der Waals surface area contributed by atoms with Crippen molar-refractivity contribution in [2.45, 2.75) is 0 Å². The first-order valence-corrected chi connectivity index (χ1v) is 11.0. The molecular formula is C25H18ClFN6O3. The third-order valence-electron chi connectivity index (χ3n) is 5.38. The molecule has 0 aliphatic carbocycles. The smallest absolute Gasteiger partial charge is 0.243 e. The molecule has 0 saturated heterocycles. The molecule has 0 saturated carbocycles. The number of nitrogen functional groups attached to an aromatic ring is 1. The molecule has 36 heavy (non-hydrogen) atoms. The van der Waals surface area contributed by atoms with Gasteiger partial charge in [-0.1, -0.05) is 23.7 Å². The number of pyridine rings is 2. The van der Waals surface area contributed by atoms with E-state index in [0.717, 1.165) is 6.33 Å². The van der Waals surface area contributed by atoms with Crippen molar-refractivity contribution >= 4 is 39.8 Å². The number of benzene rings is 2. The SMILES string of the molecule is COc1ccc(-c2c[nH]c3ccnc(Nc4ccc(Oc5ncnc(N)c5Cl)c(F)c4)c3c2=O)cc1. The van der Waals surface area contributed by atoms with Gasteiger partial charge in [0, 0.05) is 29.7 Å². The summed E-state index contributed by atoms with van der Waals surface area (Å²) in [6.07, 6.45) is 4.35. The minimum Gasteiger partial charge on any atom is -0.497 e. The second kappa shape index (κ2) is 9.51. The fourth-order valence-corrected chi connectivity index (χ4v) is 3.72. The zero-order valence-corrected chi connectivity index (χ0v) is 19.5. The lowest BCUT2D eigenvalue weighted by atomic mass is 10.0. The van der Waals surface area contributed by atoms with E-state index in [1.165, 1.54) is 12.1 Å². The van der Waals surface area contributed by atoms with E-state index in [-0.39, 0.29) is 33.7 Å². The summed E-state index contributed by atoms with van der Waals surface area (Å²) >= 11 is 6.02. The molecule has 2 aromatic carbocycles. The van der Waals surface area contributed by atoms with E-state index in [1.807, 2.05) is 0 Å². The number of halogens is 2. The summed E-state index contributed by atoms with van der Waals surface area (Å²) in [5, 5.41) is 3.32. The van der Waals surface area contributed by atoms with Crippen LogP contribution in [-0.4, -0.2) is 27.0 Å². The molecule has 0 radical (unpaired) electrons. The van der Waals surface area contributed by atoms with E-state index in [2.05, 4.69) is 25.3 Å². The average molecular weight is 505 g/mol. The lowest BCUT2D eigenvalue weighted by molar-refractivity contribution is 0.415. The second-order valence-corrected chi connectivity index (χ2v) is 7.97. The van der Waals surface area contributed by atoms with Crippen molar-refractivity contribution in [2.75, 3.05) is 18.2 Å². The van der Waals surface area contributed by atoms with E-state index < -0.39 is 5.82 Å². The zero-order valence-electron chi connectivity index (χ0n) is 18.8. The van der Waals surface area contributed by atoms with Crippen LogP contribution >= 0.6 is 11.6 Å². The first kappa shape index (κ1) is 23.1. The summed E-state index contributed by atoms with van der Waals surface area (Å²) in [5.41, 5.74) is 7.49. The highest BCUT2D eigenvalue weighted by molar-refractivity contribution is 6.34. The second-order valence-electron chi connectivity index (χ2n) is 7.59. The molecule has 0 amide bonds. The molecule has 4 N–H and O–H groups in total. The number of H-pyrrole nitrogens is 1. The summed E-state index contributed by atoms with van der Waals surface area (Å²) in [6.45, 7) is 0. The Bertz CT molecular complexity index is 1640. The van der Waals surface area contributed by atoms with Crippen molar-refractivity contribution in [1.29, 1.82) is 0 Å². The van der Waals surface area contributed by atoms with Gasteiger partial charge in [0.25, 0.3) is 0 Å². The van der Waals surface area contributed by atoms with Crippen LogP contribution in [0.4, 0.5) is 21.7 Å². The molecule has 11 heteroatoms. The Balaban J connectivity index is 1.48. The molecule has 0 fully saturated rings. The van der Waals surface area contributed by atoms with Crippen molar-refractivity contribution in [1.82, 2.24) is 19.9 Å². The Morgan fingerprint density at radius 1 is 1.08 bits per heavy atom. The lowest BCUT2D eigenvalue weighted by Gasteiger charge is -2.12. The number of nitrogens with one attached hydrogen (secondary N) is 2. The number of hydrogen-bond acceptors (Lipinski definition) is 8. The van der Waals surface area contributed by atoms with Gasteiger partial charge in [-0.15, -0.1) is 0 Å². The molecule has 9 nitrogen and oxygen atoms in total. The van der Waals surface area contributed by atoms with Gasteiger partial charge in [0.05, 0.1) is 18.0 Å². The van der Waals surface area contributed by atoms with Crippen LogP contribution in [0.2, 0.25) is 5.02 Å². The van der Waals surface area contributed by atoms with Crippen LogP contribution in [0.25, 0.3) is 22.0 Å². The van der Waals surface area contributed by atoms with Gasteiger partial charge in [-0.05, 0) is 35.9 Å². The third-order valence-corrected chi connectivity index (χ3v) is 5.74. The van der Waals surface area contributed by atoms with Crippen LogP contribution in [0.1, 0.15) is 0 Å². The largest absolute Gasteiger partial charge is 0.497 e. The van der Waals surface area contributed by atoms with Crippen LogP contribution in [0.5, 0.6) is 17.4 Å². The van der Waals surface area contributed by atoms with Crippen molar-refractivity contribution in [3.05, 3.63) is 88.3 Å². The van der Waals surface area contributed by atoms with Crippen LogP contribution in [-0.2, 0) is 0 Å². The summed E-state index contributed by atoms with van der Waals surface area (Å²) in [4.78, 5) is 28.5. The summed E-state index contributed by atoms with van der Waals surface area (Å²) in [6, 6.07) is 13.0. The van der Waals surface area contributed by atoms with Gasteiger partial charge in [0.1, 0.15) is 28.7 Å². The number of nitrogens with zero attached hydrogens (tertiary/aromatic N) is 3. The molecule has 0 spiro atoms.